The minimum Gasteiger partial charge on any atom is -0.324 e. The Hall–Kier alpha value is -2.17. The first kappa shape index (κ1) is 13.8. The second-order valence-corrected chi connectivity index (χ2v) is 5.15. The highest BCUT2D eigenvalue weighted by Crippen LogP contribution is 2.17. The molecule has 0 aliphatic rings. The average molecular weight is 299 g/mol. The second-order valence-electron chi connectivity index (χ2n) is 4.71. The zero-order chi connectivity index (χ0) is 14.7. The van der Waals surface area contributed by atoms with Gasteiger partial charge in [0.05, 0.1) is 6.54 Å². The number of hydrogen-bond acceptors (Lipinski definition) is 3. The summed E-state index contributed by atoms with van der Waals surface area (Å²) in [6.45, 7) is 0.350. The molecule has 4 nitrogen and oxygen atoms in total. The van der Waals surface area contributed by atoms with Gasteiger partial charge in [-0.15, -0.1) is 10.2 Å². The van der Waals surface area contributed by atoms with Gasteiger partial charge in [-0.3, -0.25) is 4.57 Å². The lowest BCUT2D eigenvalue weighted by molar-refractivity contribution is 0.838. The molecule has 2 aromatic carbocycles. The summed E-state index contributed by atoms with van der Waals surface area (Å²) in [4.78, 5) is 0. The van der Waals surface area contributed by atoms with Crippen LogP contribution in [0.2, 0.25) is 5.02 Å². The van der Waals surface area contributed by atoms with Crippen molar-refractivity contribution in [2.45, 2.75) is 13.0 Å². The molecule has 3 aromatic rings. The van der Waals surface area contributed by atoms with Crippen LogP contribution >= 0.6 is 11.6 Å². The average Bonchev–Trinajstić information content (AvgIpc) is 2.93. The van der Waals surface area contributed by atoms with Crippen molar-refractivity contribution in [2.24, 2.45) is 5.73 Å². The molecule has 0 fully saturated rings. The first-order valence-corrected chi connectivity index (χ1v) is 7.09. The van der Waals surface area contributed by atoms with E-state index in [0.717, 1.165) is 27.9 Å². The van der Waals surface area contributed by atoms with Crippen LogP contribution in [0.25, 0.3) is 5.69 Å². The van der Waals surface area contributed by atoms with Gasteiger partial charge in [0.15, 0.2) is 5.82 Å². The second kappa shape index (κ2) is 6.08. The van der Waals surface area contributed by atoms with Crippen LogP contribution in [0, 0.1) is 0 Å². The van der Waals surface area contributed by atoms with E-state index in [9.17, 15) is 0 Å². The van der Waals surface area contributed by atoms with E-state index in [1.165, 1.54) is 0 Å². The van der Waals surface area contributed by atoms with Crippen molar-refractivity contribution in [3.05, 3.63) is 76.8 Å². The van der Waals surface area contributed by atoms with E-state index in [-0.39, 0.29) is 0 Å². The summed E-state index contributed by atoms with van der Waals surface area (Å²) in [6.07, 6.45) is 0.680. The van der Waals surface area contributed by atoms with Crippen LogP contribution in [0.4, 0.5) is 0 Å². The number of para-hydroxylation sites is 1. The van der Waals surface area contributed by atoms with Gasteiger partial charge in [0.25, 0.3) is 0 Å². The molecule has 106 valence electrons. The van der Waals surface area contributed by atoms with Gasteiger partial charge in [-0.05, 0) is 29.8 Å². The van der Waals surface area contributed by atoms with Gasteiger partial charge in [-0.2, -0.15) is 0 Å². The Kier molecular flexibility index (Phi) is 3.99. The molecule has 0 bridgehead atoms. The van der Waals surface area contributed by atoms with Crippen molar-refractivity contribution in [1.29, 1.82) is 0 Å². The van der Waals surface area contributed by atoms with Crippen molar-refractivity contribution in [3.63, 3.8) is 0 Å². The first-order chi connectivity index (χ1) is 10.3. The minimum absolute atomic E-state index is 0.350. The molecule has 0 spiro atoms. The highest BCUT2D eigenvalue weighted by atomic mass is 35.5. The number of nitrogens with two attached hydrogens (primary N) is 1. The molecule has 21 heavy (non-hydrogen) atoms. The van der Waals surface area contributed by atoms with Crippen molar-refractivity contribution in [2.75, 3.05) is 0 Å². The number of aromatic nitrogens is 3. The monoisotopic (exact) mass is 298 g/mol. The highest BCUT2D eigenvalue weighted by Gasteiger charge is 2.13. The fraction of sp³-hybridized carbons (Fsp3) is 0.125. The summed E-state index contributed by atoms with van der Waals surface area (Å²) in [5, 5.41) is 9.20. The van der Waals surface area contributed by atoms with Gasteiger partial charge in [0, 0.05) is 17.1 Å². The fourth-order valence-corrected chi connectivity index (χ4v) is 2.39. The van der Waals surface area contributed by atoms with Crippen molar-refractivity contribution in [1.82, 2.24) is 14.8 Å². The Balaban J connectivity index is 1.99. The lowest BCUT2D eigenvalue weighted by Crippen LogP contribution is -2.09. The predicted molar refractivity (Wildman–Crippen MR) is 83.5 cm³/mol. The highest BCUT2D eigenvalue weighted by molar-refractivity contribution is 6.30. The smallest absolute Gasteiger partial charge is 0.151 e. The molecular formula is C16H15ClN4. The Bertz CT molecular complexity index is 720. The topological polar surface area (TPSA) is 56.7 Å². The maximum Gasteiger partial charge on any atom is 0.151 e. The van der Waals surface area contributed by atoms with E-state index in [1.807, 2.05) is 59.2 Å². The number of hydrogen-bond donors (Lipinski definition) is 1. The molecule has 0 aliphatic carbocycles. The summed E-state index contributed by atoms with van der Waals surface area (Å²) in [5.74, 6) is 1.62. The molecule has 5 heteroatoms. The minimum atomic E-state index is 0.350. The van der Waals surface area contributed by atoms with Gasteiger partial charge >= 0.3 is 0 Å². The molecule has 1 aromatic heterocycles. The summed E-state index contributed by atoms with van der Waals surface area (Å²) in [7, 11) is 0. The van der Waals surface area contributed by atoms with Crippen molar-refractivity contribution in [3.8, 4) is 5.69 Å². The molecule has 0 unspecified atom stereocenters. The summed E-state index contributed by atoms with van der Waals surface area (Å²) >= 11 is 5.92. The zero-order valence-electron chi connectivity index (χ0n) is 11.4. The third-order valence-electron chi connectivity index (χ3n) is 3.27. The van der Waals surface area contributed by atoms with Gasteiger partial charge in [-0.25, -0.2) is 0 Å². The lowest BCUT2D eigenvalue weighted by Gasteiger charge is -2.09. The van der Waals surface area contributed by atoms with Crippen LogP contribution in [-0.2, 0) is 13.0 Å². The number of nitrogens with zero attached hydrogens (tertiary/aromatic N) is 3. The van der Waals surface area contributed by atoms with E-state index in [2.05, 4.69) is 10.2 Å². The van der Waals surface area contributed by atoms with Crippen LogP contribution in [-0.4, -0.2) is 14.8 Å². The maximum absolute atomic E-state index is 5.92. The van der Waals surface area contributed by atoms with E-state index in [0.29, 0.717) is 13.0 Å². The molecule has 2 N–H and O–H groups in total. The molecule has 0 saturated carbocycles. The zero-order valence-corrected chi connectivity index (χ0v) is 12.2. The van der Waals surface area contributed by atoms with E-state index in [4.69, 9.17) is 17.3 Å². The summed E-state index contributed by atoms with van der Waals surface area (Å²) in [6, 6.07) is 17.7. The third kappa shape index (κ3) is 2.96. The summed E-state index contributed by atoms with van der Waals surface area (Å²) in [5.41, 5.74) is 7.93. The Morgan fingerprint density at radius 2 is 1.57 bits per heavy atom. The van der Waals surface area contributed by atoms with Crippen LogP contribution < -0.4 is 5.73 Å². The summed E-state index contributed by atoms with van der Waals surface area (Å²) < 4.78 is 2.01. The van der Waals surface area contributed by atoms with Crippen LogP contribution in [0.3, 0.4) is 0 Å². The van der Waals surface area contributed by atoms with Gasteiger partial charge < -0.3 is 5.73 Å². The molecule has 0 atom stereocenters. The Labute approximate surface area is 128 Å². The van der Waals surface area contributed by atoms with Crippen LogP contribution in [0.15, 0.2) is 54.6 Å². The van der Waals surface area contributed by atoms with Crippen molar-refractivity contribution >= 4 is 11.6 Å². The number of rotatable bonds is 4. The molecule has 3 rings (SSSR count). The van der Waals surface area contributed by atoms with Gasteiger partial charge in [0.1, 0.15) is 5.82 Å². The fourth-order valence-electron chi connectivity index (χ4n) is 2.26. The van der Waals surface area contributed by atoms with Gasteiger partial charge in [0.2, 0.25) is 0 Å². The largest absolute Gasteiger partial charge is 0.324 e. The van der Waals surface area contributed by atoms with Crippen molar-refractivity contribution < 1.29 is 0 Å². The Morgan fingerprint density at radius 3 is 2.24 bits per heavy atom. The van der Waals surface area contributed by atoms with E-state index in [1.54, 1.807) is 0 Å². The molecule has 0 aliphatic heterocycles. The molecule has 0 saturated heterocycles. The first-order valence-electron chi connectivity index (χ1n) is 6.71. The van der Waals surface area contributed by atoms with E-state index >= 15 is 0 Å². The maximum atomic E-state index is 5.92. The number of benzene rings is 2. The standard InChI is InChI=1S/C16H15ClN4/c17-13-8-6-12(7-9-13)10-15-19-20-16(11-18)21(15)14-4-2-1-3-5-14/h1-9H,10-11,18H2. The Morgan fingerprint density at radius 1 is 0.905 bits per heavy atom. The third-order valence-corrected chi connectivity index (χ3v) is 3.52. The van der Waals surface area contributed by atoms with E-state index < -0.39 is 0 Å². The van der Waals surface area contributed by atoms with Crippen LogP contribution in [0.1, 0.15) is 17.2 Å². The van der Waals surface area contributed by atoms with Crippen LogP contribution in [0.5, 0.6) is 0 Å². The molecule has 1 heterocycles. The van der Waals surface area contributed by atoms with Gasteiger partial charge in [-0.1, -0.05) is 41.9 Å². The lowest BCUT2D eigenvalue weighted by atomic mass is 10.1. The normalized spacial score (nSPS) is 10.8. The predicted octanol–water partition coefficient (Wildman–Crippen LogP) is 2.97. The number of halogens is 1. The quantitative estimate of drug-likeness (QED) is 0.805. The molecule has 0 amide bonds. The SMILES string of the molecule is NCc1nnc(Cc2ccc(Cl)cc2)n1-c1ccccc1. The molecular weight excluding hydrogens is 284 g/mol. The molecule has 0 radical (unpaired) electrons.